The van der Waals surface area contributed by atoms with Crippen LogP contribution in [0.1, 0.15) is 25.8 Å². The van der Waals surface area contributed by atoms with E-state index < -0.39 is 0 Å². The highest BCUT2D eigenvalue weighted by Gasteiger charge is 2.00. The molecule has 0 saturated carbocycles. The Morgan fingerprint density at radius 2 is 2.11 bits per heavy atom. The van der Waals surface area contributed by atoms with Crippen LogP contribution in [0.3, 0.4) is 0 Å². The Morgan fingerprint density at radius 1 is 1.39 bits per heavy atom. The van der Waals surface area contributed by atoms with Crippen LogP contribution in [0.5, 0.6) is 0 Å². The SMILES string of the molecule is CC(C)CCNC(=O)/C=C/c1ccc(Cl)cc1Cl. The van der Waals surface area contributed by atoms with E-state index in [-0.39, 0.29) is 5.91 Å². The maximum Gasteiger partial charge on any atom is 0.244 e. The second-order valence-electron chi connectivity index (χ2n) is 4.47. The molecular weight excluding hydrogens is 269 g/mol. The second kappa shape index (κ2) is 7.45. The Labute approximate surface area is 118 Å². The molecule has 0 atom stereocenters. The fourth-order valence-electron chi connectivity index (χ4n) is 1.35. The predicted octanol–water partition coefficient (Wildman–Crippen LogP) is 4.17. The summed E-state index contributed by atoms with van der Waals surface area (Å²) in [6.45, 7) is 4.93. The maximum atomic E-state index is 11.5. The smallest absolute Gasteiger partial charge is 0.244 e. The Bertz CT molecular complexity index is 441. The fourth-order valence-corrected chi connectivity index (χ4v) is 1.82. The van der Waals surface area contributed by atoms with Gasteiger partial charge >= 0.3 is 0 Å². The van der Waals surface area contributed by atoms with Crippen molar-refractivity contribution in [3.63, 3.8) is 0 Å². The molecule has 1 rings (SSSR count). The number of hydrogen-bond donors (Lipinski definition) is 1. The minimum atomic E-state index is -0.110. The summed E-state index contributed by atoms with van der Waals surface area (Å²) in [5.74, 6) is 0.474. The van der Waals surface area contributed by atoms with E-state index in [1.54, 1.807) is 24.3 Å². The van der Waals surface area contributed by atoms with Crippen molar-refractivity contribution in [1.82, 2.24) is 5.32 Å². The molecule has 1 N–H and O–H groups in total. The van der Waals surface area contributed by atoms with Crippen LogP contribution in [0.4, 0.5) is 0 Å². The van der Waals surface area contributed by atoms with Crippen molar-refractivity contribution in [3.8, 4) is 0 Å². The zero-order valence-corrected chi connectivity index (χ0v) is 12.1. The molecule has 0 heterocycles. The Morgan fingerprint density at radius 3 is 2.72 bits per heavy atom. The van der Waals surface area contributed by atoms with Crippen molar-refractivity contribution in [1.29, 1.82) is 0 Å². The van der Waals surface area contributed by atoms with Crippen molar-refractivity contribution in [2.24, 2.45) is 5.92 Å². The zero-order valence-electron chi connectivity index (χ0n) is 10.5. The summed E-state index contributed by atoms with van der Waals surface area (Å²) < 4.78 is 0. The van der Waals surface area contributed by atoms with Crippen LogP contribution < -0.4 is 5.32 Å². The van der Waals surface area contributed by atoms with E-state index in [2.05, 4.69) is 19.2 Å². The molecule has 0 aliphatic carbocycles. The van der Waals surface area contributed by atoms with E-state index in [0.717, 1.165) is 12.0 Å². The molecule has 0 bridgehead atoms. The highest BCUT2D eigenvalue weighted by atomic mass is 35.5. The van der Waals surface area contributed by atoms with Gasteiger partial charge in [0, 0.05) is 22.7 Å². The van der Waals surface area contributed by atoms with Crippen molar-refractivity contribution in [3.05, 3.63) is 39.9 Å². The third-order valence-corrected chi connectivity index (χ3v) is 2.96. The van der Waals surface area contributed by atoms with E-state index >= 15 is 0 Å². The van der Waals surface area contributed by atoms with Crippen LogP contribution in [0, 0.1) is 5.92 Å². The highest BCUT2D eigenvalue weighted by Crippen LogP contribution is 2.21. The van der Waals surface area contributed by atoms with Gasteiger partial charge in [-0.15, -0.1) is 0 Å². The molecule has 0 spiro atoms. The first-order valence-corrected chi connectivity index (χ1v) is 6.65. The summed E-state index contributed by atoms with van der Waals surface area (Å²) in [6.07, 6.45) is 4.14. The van der Waals surface area contributed by atoms with Crippen LogP contribution in [-0.4, -0.2) is 12.5 Å². The molecule has 0 aliphatic rings. The minimum absolute atomic E-state index is 0.110. The quantitative estimate of drug-likeness (QED) is 0.809. The van der Waals surface area contributed by atoms with E-state index in [1.165, 1.54) is 6.08 Å². The van der Waals surface area contributed by atoms with Gasteiger partial charge in [-0.3, -0.25) is 4.79 Å². The Balaban J connectivity index is 2.50. The lowest BCUT2D eigenvalue weighted by molar-refractivity contribution is -0.116. The van der Waals surface area contributed by atoms with Crippen LogP contribution >= 0.6 is 23.2 Å². The number of nitrogens with one attached hydrogen (secondary N) is 1. The molecular formula is C14H17Cl2NO. The van der Waals surface area contributed by atoms with Crippen LogP contribution in [0.25, 0.3) is 6.08 Å². The fraction of sp³-hybridized carbons (Fsp3) is 0.357. The van der Waals surface area contributed by atoms with Gasteiger partial charge in [0.05, 0.1) is 0 Å². The van der Waals surface area contributed by atoms with E-state index in [4.69, 9.17) is 23.2 Å². The third-order valence-electron chi connectivity index (χ3n) is 2.40. The summed E-state index contributed by atoms with van der Waals surface area (Å²) in [5.41, 5.74) is 0.778. The Hall–Kier alpha value is -0.990. The van der Waals surface area contributed by atoms with Crippen LogP contribution in [0.2, 0.25) is 10.0 Å². The molecule has 18 heavy (non-hydrogen) atoms. The third kappa shape index (κ3) is 5.56. The van der Waals surface area contributed by atoms with Gasteiger partial charge in [-0.25, -0.2) is 0 Å². The first kappa shape index (κ1) is 15.1. The molecule has 0 fully saturated rings. The van der Waals surface area contributed by atoms with Crippen LogP contribution in [-0.2, 0) is 4.79 Å². The van der Waals surface area contributed by atoms with Gasteiger partial charge in [-0.05, 0) is 36.1 Å². The topological polar surface area (TPSA) is 29.1 Å². The van der Waals surface area contributed by atoms with Crippen molar-refractivity contribution in [2.75, 3.05) is 6.54 Å². The van der Waals surface area contributed by atoms with Gasteiger partial charge in [0.15, 0.2) is 0 Å². The van der Waals surface area contributed by atoms with Gasteiger partial charge in [-0.2, -0.15) is 0 Å². The van der Waals surface area contributed by atoms with E-state index in [0.29, 0.717) is 22.5 Å². The van der Waals surface area contributed by atoms with E-state index in [9.17, 15) is 4.79 Å². The Kier molecular flexibility index (Phi) is 6.23. The summed E-state index contributed by atoms with van der Waals surface area (Å²) in [7, 11) is 0. The molecule has 0 unspecified atom stereocenters. The van der Waals surface area contributed by atoms with Crippen molar-refractivity contribution in [2.45, 2.75) is 20.3 Å². The summed E-state index contributed by atoms with van der Waals surface area (Å²) in [4.78, 5) is 11.5. The first-order chi connectivity index (χ1) is 8.49. The molecule has 0 aromatic heterocycles. The number of benzene rings is 1. The number of carbonyl (C=O) groups is 1. The monoisotopic (exact) mass is 285 g/mol. The van der Waals surface area contributed by atoms with Crippen molar-refractivity contribution < 1.29 is 4.79 Å². The predicted molar refractivity (Wildman–Crippen MR) is 78.0 cm³/mol. The summed E-state index contributed by atoms with van der Waals surface area (Å²) >= 11 is 11.8. The summed E-state index contributed by atoms with van der Waals surface area (Å²) in [5, 5.41) is 3.94. The van der Waals surface area contributed by atoms with Gasteiger partial charge in [-0.1, -0.05) is 43.1 Å². The molecule has 0 aliphatic heterocycles. The molecule has 1 aromatic rings. The van der Waals surface area contributed by atoms with Gasteiger partial charge in [0.2, 0.25) is 5.91 Å². The lowest BCUT2D eigenvalue weighted by atomic mass is 10.1. The number of amides is 1. The normalized spacial score (nSPS) is 11.2. The average molecular weight is 286 g/mol. The van der Waals surface area contributed by atoms with Gasteiger partial charge in [0.25, 0.3) is 0 Å². The zero-order chi connectivity index (χ0) is 13.5. The molecule has 1 amide bonds. The van der Waals surface area contributed by atoms with Crippen LogP contribution in [0.15, 0.2) is 24.3 Å². The second-order valence-corrected chi connectivity index (χ2v) is 5.32. The number of carbonyl (C=O) groups excluding carboxylic acids is 1. The highest BCUT2D eigenvalue weighted by molar-refractivity contribution is 6.35. The number of halogens is 2. The largest absolute Gasteiger partial charge is 0.353 e. The first-order valence-electron chi connectivity index (χ1n) is 5.90. The molecule has 98 valence electrons. The standard InChI is InChI=1S/C14H17Cl2NO/c1-10(2)7-8-17-14(18)6-4-11-3-5-12(15)9-13(11)16/h3-6,9-10H,7-8H2,1-2H3,(H,17,18)/b6-4+. The lowest BCUT2D eigenvalue weighted by Gasteiger charge is -2.04. The molecule has 0 radical (unpaired) electrons. The van der Waals surface area contributed by atoms with E-state index in [1.807, 2.05) is 0 Å². The van der Waals surface area contributed by atoms with Gasteiger partial charge < -0.3 is 5.32 Å². The molecule has 4 heteroatoms. The summed E-state index contributed by atoms with van der Waals surface area (Å²) in [6, 6.07) is 5.17. The molecule has 1 aromatic carbocycles. The lowest BCUT2D eigenvalue weighted by Crippen LogP contribution is -2.23. The average Bonchev–Trinajstić information content (AvgIpc) is 2.27. The number of hydrogen-bond acceptors (Lipinski definition) is 1. The molecule has 0 saturated heterocycles. The molecule has 2 nitrogen and oxygen atoms in total. The van der Waals surface area contributed by atoms with Crippen molar-refractivity contribution >= 4 is 35.2 Å². The van der Waals surface area contributed by atoms with Gasteiger partial charge in [0.1, 0.15) is 0 Å². The maximum absolute atomic E-state index is 11.5. The minimum Gasteiger partial charge on any atom is -0.353 e. The number of rotatable bonds is 5.